The van der Waals surface area contributed by atoms with E-state index in [9.17, 15) is 0 Å². The van der Waals surface area contributed by atoms with Gasteiger partial charge in [0.2, 0.25) is 0 Å². The van der Waals surface area contributed by atoms with E-state index in [1.807, 2.05) is 0 Å². The van der Waals surface area contributed by atoms with Crippen molar-refractivity contribution in [3.8, 4) is 0 Å². The molecule has 5 aliphatic rings. The molecule has 3 fully saturated rings. The average molecular weight is 707 g/mol. The van der Waals surface area contributed by atoms with Crippen LogP contribution >= 0.6 is 27.3 Å². The Bertz CT molecular complexity index is 1090. The van der Waals surface area contributed by atoms with E-state index in [1.54, 1.807) is 77.0 Å². The molecule has 3 aliphatic carbocycles. The predicted octanol–water partition coefficient (Wildman–Crippen LogP) is 11.2. The molecular formula is C35H55Cl2N2PRu. The number of fused-ring (bicyclic) bond motifs is 1. The number of aryl methyl sites for hydroxylation is 3. The molecule has 0 atom stereocenters. The van der Waals surface area contributed by atoms with Crippen molar-refractivity contribution in [3.05, 3.63) is 41.2 Å². The topological polar surface area (TPSA) is 6.48 Å². The maximum atomic E-state index is 6.85. The van der Waals surface area contributed by atoms with Gasteiger partial charge in [-0.1, -0.05) is 65.7 Å². The molecule has 1 aromatic carbocycles. The van der Waals surface area contributed by atoms with Gasteiger partial charge in [0.05, 0.1) is 0 Å². The van der Waals surface area contributed by atoms with Crippen molar-refractivity contribution in [2.75, 3.05) is 11.4 Å². The number of rotatable bonds is 4. The molecule has 2 heterocycles. The van der Waals surface area contributed by atoms with Crippen LogP contribution in [-0.2, 0) is 11.9 Å². The van der Waals surface area contributed by atoms with Gasteiger partial charge < -0.3 is 0 Å². The van der Waals surface area contributed by atoms with Crippen molar-refractivity contribution in [2.45, 2.75) is 153 Å². The maximum absolute atomic E-state index is 6.85. The normalized spacial score (nSPS) is 25.2. The van der Waals surface area contributed by atoms with Gasteiger partial charge in [0, 0.05) is 0 Å². The summed E-state index contributed by atoms with van der Waals surface area (Å²) in [4.78, 5) is 4.50. The van der Waals surface area contributed by atoms with E-state index >= 15 is 0 Å². The molecule has 41 heavy (non-hydrogen) atoms. The van der Waals surface area contributed by atoms with Crippen molar-refractivity contribution < 1.29 is 11.9 Å². The van der Waals surface area contributed by atoms with E-state index < -0.39 is 11.9 Å². The molecule has 0 saturated heterocycles. The third-order valence-electron chi connectivity index (χ3n) is 10.0. The summed E-state index contributed by atoms with van der Waals surface area (Å²) in [7, 11) is 14.1. The van der Waals surface area contributed by atoms with E-state index in [-0.39, 0.29) is 0 Å². The number of hydrogen-bond donors (Lipinski definition) is 0. The molecule has 0 radical (unpaired) electrons. The van der Waals surface area contributed by atoms with Crippen LogP contribution in [0.5, 0.6) is 0 Å². The molecule has 2 aliphatic heterocycles. The molecule has 0 N–H and O–H groups in total. The van der Waals surface area contributed by atoms with E-state index in [2.05, 4.69) is 59.7 Å². The van der Waals surface area contributed by atoms with Gasteiger partial charge in [-0.05, 0) is 55.5 Å². The van der Waals surface area contributed by atoms with Gasteiger partial charge in [-0.2, -0.15) is 0 Å². The Morgan fingerprint density at radius 2 is 1.15 bits per heavy atom. The zero-order chi connectivity index (χ0) is 28.8. The molecule has 2 nitrogen and oxygen atoms in total. The summed E-state index contributed by atoms with van der Waals surface area (Å²) in [6, 6.07) is 4.45. The van der Waals surface area contributed by atoms with Crippen LogP contribution in [-0.4, -0.2) is 37.4 Å². The Balaban J connectivity index is 0.000000166. The van der Waals surface area contributed by atoms with Crippen LogP contribution in [0.1, 0.15) is 132 Å². The summed E-state index contributed by atoms with van der Waals surface area (Å²) < 4.78 is 3.30. The molecule has 6 heteroatoms. The molecule has 0 spiro atoms. The van der Waals surface area contributed by atoms with Crippen LogP contribution in [0, 0.1) is 20.8 Å². The van der Waals surface area contributed by atoms with Crippen molar-refractivity contribution in [1.82, 2.24) is 4.90 Å². The summed E-state index contributed by atoms with van der Waals surface area (Å²) >= 11 is -2.95. The average Bonchev–Trinajstić information content (AvgIpc) is 3.37. The van der Waals surface area contributed by atoms with Crippen LogP contribution in [0.25, 0.3) is 0 Å². The second kappa shape index (κ2) is 15.3. The van der Waals surface area contributed by atoms with Gasteiger partial charge in [0.1, 0.15) is 0 Å². The van der Waals surface area contributed by atoms with E-state index in [4.69, 9.17) is 19.4 Å². The first-order chi connectivity index (χ1) is 19.8. The van der Waals surface area contributed by atoms with Gasteiger partial charge in [-0.25, -0.2) is 0 Å². The monoisotopic (exact) mass is 706 g/mol. The van der Waals surface area contributed by atoms with Crippen molar-refractivity contribution in [2.24, 2.45) is 0 Å². The quantitative estimate of drug-likeness (QED) is 0.227. The second-order valence-corrected chi connectivity index (χ2v) is 25.8. The number of hydrogen-bond acceptors (Lipinski definition) is 2. The van der Waals surface area contributed by atoms with Crippen LogP contribution in [0.2, 0.25) is 0 Å². The first kappa shape index (κ1) is 32.3. The summed E-state index contributed by atoms with van der Waals surface area (Å²) in [6.45, 7) is 7.46. The second-order valence-electron chi connectivity index (χ2n) is 13.3. The van der Waals surface area contributed by atoms with Crippen LogP contribution in [0.3, 0.4) is 0 Å². The van der Waals surface area contributed by atoms with Crippen LogP contribution < -0.4 is 4.90 Å². The molecule has 0 bridgehead atoms. The van der Waals surface area contributed by atoms with Gasteiger partial charge in [0.25, 0.3) is 0 Å². The number of halogens is 2. The molecule has 0 amide bonds. The summed E-state index contributed by atoms with van der Waals surface area (Å²) in [5, 5.41) is 0. The number of anilines is 1. The van der Waals surface area contributed by atoms with Gasteiger partial charge >= 0.3 is 144 Å². The molecular weight excluding hydrogens is 651 g/mol. The summed E-state index contributed by atoms with van der Waals surface area (Å²) in [6.07, 6.45) is 31.2. The first-order valence-electron chi connectivity index (χ1n) is 16.8. The Morgan fingerprint density at radius 1 is 0.659 bits per heavy atom. The van der Waals surface area contributed by atoms with Crippen LogP contribution in [0.15, 0.2) is 24.5 Å². The molecule has 0 aromatic heterocycles. The standard InChI is InChI=1S/C18H33P.C17H22N2.2ClH.Ru/c1-4-10-16(11-5-1)19(17-12-6-2-7-13-17)18-14-8-3-9-15-18;1-5-6-7-8-18-9-10-19(13-18)17-15(3)11-14(2)12-16(17)4;;;/h16-18H,1-15H2;1,9-12H,5-8H2,2-4H3;2*1H;/q;;;;+2/p-2. The fraction of sp³-hybridized carbons (Fsp3) is 0.714. The fourth-order valence-electron chi connectivity index (χ4n) is 8.26. The van der Waals surface area contributed by atoms with Crippen molar-refractivity contribution in [3.63, 3.8) is 0 Å². The Morgan fingerprint density at radius 3 is 1.63 bits per heavy atom. The molecule has 6 rings (SSSR count). The minimum atomic E-state index is -2.95. The number of nitrogens with zero attached hydrogens (tertiary/aromatic N) is 2. The Hall–Kier alpha value is -0.0666. The predicted molar refractivity (Wildman–Crippen MR) is 183 cm³/mol. The molecule has 1 aromatic rings. The van der Waals surface area contributed by atoms with Crippen LogP contribution in [0.4, 0.5) is 5.69 Å². The Kier molecular flexibility index (Phi) is 12.1. The SMILES string of the molecule is C1CCC(P(C2CCCCC2)C2CCCCC2)CC1.Cc1cc(C)c(N2C=CN3CCCC[CH]=[Ru]([Cl])([Cl])=[C]32)c(C)c1. The van der Waals surface area contributed by atoms with Gasteiger partial charge in [-0.3, -0.25) is 0 Å². The van der Waals surface area contributed by atoms with Gasteiger partial charge in [-0.15, -0.1) is 0 Å². The number of benzene rings is 1. The van der Waals surface area contributed by atoms with E-state index in [1.165, 1.54) is 71.5 Å². The third kappa shape index (κ3) is 8.16. The fourth-order valence-corrected chi connectivity index (χ4v) is 18.7. The Labute approximate surface area is 263 Å². The molecule has 0 unspecified atom stereocenters. The zero-order valence-electron chi connectivity index (χ0n) is 26.0. The van der Waals surface area contributed by atoms with E-state index in [0.717, 1.165) is 17.3 Å². The van der Waals surface area contributed by atoms with E-state index in [0.29, 0.717) is 7.92 Å². The molecule has 232 valence electrons. The summed E-state index contributed by atoms with van der Waals surface area (Å²) in [5.41, 5.74) is 8.61. The minimum absolute atomic E-state index is 0.385. The first-order valence-corrected chi connectivity index (χ1v) is 24.7. The third-order valence-corrected chi connectivity index (χ3v) is 20.2. The van der Waals surface area contributed by atoms with Gasteiger partial charge in [0.15, 0.2) is 0 Å². The molecule has 3 saturated carbocycles. The van der Waals surface area contributed by atoms with Crippen molar-refractivity contribution >= 4 is 42.0 Å². The summed E-state index contributed by atoms with van der Waals surface area (Å²) in [5.74, 6) is 0. The zero-order valence-corrected chi connectivity index (χ0v) is 30.1. The van der Waals surface area contributed by atoms with Crippen molar-refractivity contribution in [1.29, 1.82) is 0 Å².